The van der Waals surface area contributed by atoms with E-state index in [2.05, 4.69) is 19.0 Å². The summed E-state index contributed by atoms with van der Waals surface area (Å²) in [4.78, 5) is 45.2. The number of nitro groups is 1. The van der Waals surface area contributed by atoms with E-state index >= 15 is 0 Å². The van der Waals surface area contributed by atoms with Crippen LogP contribution in [0.25, 0.3) is 0 Å². The van der Waals surface area contributed by atoms with Gasteiger partial charge in [0.25, 0.3) is 5.69 Å². The van der Waals surface area contributed by atoms with Crippen molar-refractivity contribution in [2.45, 2.75) is 77.4 Å². The summed E-state index contributed by atoms with van der Waals surface area (Å²) in [7, 11) is 0. The Balaban J connectivity index is 1.17. The van der Waals surface area contributed by atoms with E-state index in [-0.39, 0.29) is 34.7 Å². The van der Waals surface area contributed by atoms with Crippen LogP contribution in [0.4, 0.5) is 21.0 Å². The van der Waals surface area contributed by atoms with Crippen LogP contribution in [-0.4, -0.2) is 29.4 Å². The van der Waals surface area contributed by atoms with Crippen LogP contribution in [0.1, 0.15) is 65.2 Å². The molecular weight excluding hydrogens is 520 g/mol. The predicted molar refractivity (Wildman–Crippen MR) is 144 cm³/mol. The molecule has 40 heavy (non-hydrogen) atoms. The summed E-state index contributed by atoms with van der Waals surface area (Å²) in [5, 5.41) is 13.6. The second-order valence-corrected chi connectivity index (χ2v) is 11.0. The van der Waals surface area contributed by atoms with Gasteiger partial charge in [0.2, 0.25) is 0 Å². The minimum Gasteiger partial charge on any atom is -0.431 e. The van der Waals surface area contributed by atoms with Gasteiger partial charge in [0.1, 0.15) is 29.4 Å². The Morgan fingerprint density at radius 2 is 1.15 bits per heavy atom. The van der Waals surface area contributed by atoms with Gasteiger partial charge in [0.05, 0.1) is 4.92 Å². The Kier molecular flexibility index (Phi) is 9.34. The number of ether oxygens (including phenoxy) is 4. The minimum atomic E-state index is -0.802. The molecule has 2 aliphatic rings. The first-order valence-electron chi connectivity index (χ1n) is 13.6. The van der Waals surface area contributed by atoms with E-state index < -0.39 is 17.2 Å². The molecule has 2 fully saturated rings. The summed E-state index contributed by atoms with van der Waals surface area (Å²) in [5.74, 6) is 1.46. The van der Waals surface area contributed by atoms with Gasteiger partial charge in [-0.3, -0.25) is 10.1 Å². The second kappa shape index (κ2) is 12.9. The van der Waals surface area contributed by atoms with E-state index in [1.807, 2.05) is 0 Å². The third kappa shape index (κ3) is 7.55. The molecule has 0 atom stereocenters. The molecule has 0 heterocycles. The van der Waals surface area contributed by atoms with Crippen molar-refractivity contribution in [3.05, 3.63) is 63.6 Å². The summed E-state index contributed by atoms with van der Waals surface area (Å²) < 4.78 is 21.4. The van der Waals surface area contributed by atoms with Crippen molar-refractivity contribution in [1.82, 2.24) is 0 Å². The monoisotopic (exact) mass is 554 g/mol. The molecule has 2 aliphatic carbocycles. The van der Waals surface area contributed by atoms with Gasteiger partial charge in [0.15, 0.2) is 0 Å². The largest absolute Gasteiger partial charge is 0.514 e. The fourth-order valence-electron chi connectivity index (χ4n) is 5.91. The summed E-state index contributed by atoms with van der Waals surface area (Å²) in [5.41, 5.74) is 0.261. The number of nitrogens with zero attached hydrogens (tertiary/aromatic N) is 2. The smallest absolute Gasteiger partial charge is 0.431 e. The fourth-order valence-corrected chi connectivity index (χ4v) is 5.91. The Labute approximate surface area is 232 Å². The highest BCUT2D eigenvalue weighted by Gasteiger charge is 2.41. The van der Waals surface area contributed by atoms with E-state index in [1.54, 1.807) is 0 Å². The molecule has 0 N–H and O–H groups in total. The first-order chi connectivity index (χ1) is 19.1. The molecule has 0 aromatic heterocycles. The van der Waals surface area contributed by atoms with Gasteiger partial charge >= 0.3 is 12.3 Å². The van der Waals surface area contributed by atoms with Crippen molar-refractivity contribution in [2.24, 2.45) is 22.4 Å². The standard InChI is InChI=1S/C29H34N2O9/c1-29(2,19-3-11-23(12-4-19)37-27(32)39-25-15-7-21(30-34)8-16-25)20-5-13-24(14-6-20)38-28(33)40-26-17-9-22(10-18-26)31(35)36/h7-10,15-20,23-24H,3-6,11-14H2,1-2H3. The molecule has 0 spiro atoms. The van der Waals surface area contributed by atoms with Gasteiger partial charge in [-0.2, -0.15) is 0 Å². The van der Waals surface area contributed by atoms with Crippen LogP contribution in [0.3, 0.4) is 0 Å². The van der Waals surface area contributed by atoms with Crippen molar-refractivity contribution < 1.29 is 33.5 Å². The average molecular weight is 555 g/mol. The summed E-state index contributed by atoms with van der Waals surface area (Å²) >= 11 is 0. The number of benzene rings is 2. The van der Waals surface area contributed by atoms with Gasteiger partial charge in [0, 0.05) is 12.1 Å². The average Bonchev–Trinajstić information content (AvgIpc) is 2.94. The molecule has 0 aliphatic heterocycles. The van der Waals surface area contributed by atoms with Gasteiger partial charge in [-0.25, -0.2) is 9.59 Å². The number of hydrogen-bond donors (Lipinski definition) is 0. The van der Waals surface area contributed by atoms with Gasteiger partial charge in [-0.05, 0) is 110 Å². The zero-order chi connectivity index (χ0) is 28.7. The Hall–Kier alpha value is -4.02. The molecule has 0 saturated heterocycles. The number of carbonyl (C=O) groups excluding carboxylic acids is 2. The number of hydrogen-bond acceptors (Lipinski definition) is 10. The molecule has 0 bridgehead atoms. The van der Waals surface area contributed by atoms with Gasteiger partial charge in [-0.1, -0.05) is 13.8 Å². The maximum absolute atomic E-state index is 12.2. The van der Waals surface area contributed by atoms with E-state index in [0.717, 1.165) is 51.4 Å². The Bertz CT molecular complexity index is 1180. The molecule has 4 rings (SSSR count). The lowest BCUT2D eigenvalue weighted by atomic mass is 9.60. The van der Waals surface area contributed by atoms with E-state index in [9.17, 15) is 24.6 Å². The van der Waals surface area contributed by atoms with Crippen molar-refractivity contribution in [3.8, 4) is 11.5 Å². The third-order valence-electron chi connectivity index (χ3n) is 8.37. The quantitative estimate of drug-likeness (QED) is 0.105. The molecule has 11 nitrogen and oxygen atoms in total. The highest BCUT2D eigenvalue weighted by molar-refractivity contribution is 5.64. The fraction of sp³-hybridized carbons (Fsp3) is 0.517. The normalized spacial score (nSPS) is 22.9. The topological polar surface area (TPSA) is 144 Å². The predicted octanol–water partition coefficient (Wildman–Crippen LogP) is 7.87. The molecule has 0 radical (unpaired) electrons. The van der Waals surface area contributed by atoms with Crippen LogP contribution in [0.15, 0.2) is 53.7 Å². The highest BCUT2D eigenvalue weighted by Crippen LogP contribution is 2.49. The number of nitroso groups, excluding NO2 is 1. The molecule has 2 aromatic carbocycles. The highest BCUT2D eigenvalue weighted by atomic mass is 16.7. The maximum atomic E-state index is 12.2. The van der Waals surface area contributed by atoms with Crippen LogP contribution in [0.2, 0.25) is 0 Å². The molecule has 2 saturated carbocycles. The van der Waals surface area contributed by atoms with E-state index in [4.69, 9.17) is 18.9 Å². The van der Waals surface area contributed by atoms with Crippen molar-refractivity contribution >= 4 is 23.7 Å². The third-order valence-corrected chi connectivity index (χ3v) is 8.37. The Morgan fingerprint density at radius 1 is 0.750 bits per heavy atom. The molecule has 2 aromatic rings. The summed E-state index contributed by atoms with van der Waals surface area (Å²) in [6, 6.07) is 11.2. The van der Waals surface area contributed by atoms with E-state index in [0.29, 0.717) is 17.6 Å². The van der Waals surface area contributed by atoms with Crippen molar-refractivity contribution in [2.75, 3.05) is 0 Å². The van der Waals surface area contributed by atoms with Crippen molar-refractivity contribution in [3.63, 3.8) is 0 Å². The maximum Gasteiger partial charge on any atom is 0.514 e. The van der Waals surface area contributed by atoms with E-state index in [1.165, 1.54) is 48.5 Å². The lowest BCUT2D eigenvalue weighted by Gasteiger charge is -2.46. The summed E-state index contributed by atoms with van der Waals surface area (Å²) in [6.07, 6.45) is 4.82. The lowest BCUT2D eigenvalue weighted by molar-refractivity contribution is -0.384. The van der Waals surface area contributed by atoms with Gasteiger partial charge < -0.3 is 18.9 Å². The minimum absolute atomic E-state index is 0.0813. The molecule has 214 valence electrons. The number of non-ortho nitro benzene ring substituents is 1. The molecule has 11 heteroatoms. The van der Waals surface area contributed by atoms with Crippen LogP contribution in [-0.2, 0) is 9.47 Å². The summed E-state index contributed by atoms with van der Waals surface area (Å²) in [6.45, 7) is 4.61. The Morgan fingerprint density at radius 3 is 1.52 bits per heavy atom. The van der Waals surface area contributed by atoms with Crippen LogP contribution in [0.5, 0.6) is 11.5 Å². The van der Waals surface area contributed by atoms with Crippen LogP contribution < -0.4 is 9.47 Å². The molecule has 0 amide bonds. The van der Waals surface area contributed by atoms with Gasteiger partial charge in [-0.15, -0.1) is 4.91 Å². The number of rotatable bonds is 8. The molecular formula is C29H34N2O9. The molecule has 0 unspecified atom stereocenters. The second-order valence-electron chi connectivity index (χ2n) is 11.0. The van der Waals surface area contributed by atoms with Crippen LogP contribution >= 0.6 is 0 Å². The number of nitro benzene ring substituents is 1. The van der Waals surface area contributed by atoms with Crippen LogP contribution in [0, 0.1) is 32.3 Å². The SMILES string of the molecule is CC(C)(C1CCC(OC(=O)Oc2ccc(N=O)cc2)CC1)C1CCC(OC(=O)Oc2ccc([N+](=O)[O-])cc2)CC1. The zero-order valence-corrected chi connectivity index (χ0v) is 22.7. The zero-order valence-electron chi connectivity index (χ0n) is 22.7. The first-order valence-corrected chi connectivity index (χ1v) is 13.6. The number of carbonyl (C=O) groups is 2. The van der Waals surface area contributed by atoms with Crippen molar-refractivity contribution in [1.29, 1.82) is 0 Å². The first kappa shape index (κ1) is 29.0. The lowest BCUT2D eigenvalue weighted by Crippen LogP contribution is -2.39.